The fourth-order valence-corrected chi connectivity index (χ4v) is 2.69. The predicted octanol–water partition coefficient (Wildman–Crippen LogP) is 2.57. The summed E-state index contributed by atoms with van der Waals surface area (Å²) in [6.45, 7) is -0.366. The van der Waals surface area contributed by atoms with E-state index in [0.29, 0.717) is 0 Å². The fourth-order valence-electron chi connectivity index (χ4n) is 2.69. The summed E-state index contributed by atoms with van der Waals surface area (Å²) in [5.41, 5.74) is -0.607. The standard InChI is InChI=1S/C13H15FN2O4/c14-10-6-3-7-11(13(10)16(19)20)15(8-12(17)18)9-4-1-2-5-9/h3,6-7,9H,1-2,4-5,8H2,(H,17,18). The maximum absolute atomic E-state index is 13.7. The maximum atomic E-state index is 13.7. The van der Waals surface area contributed by atoms with Crippen molar-refractivity contribution in [3.63, 3.8) is 0 Å². The summed E-state index contributed by atoms with van der Waals surface area (Å²) in [6, 6.07) is 3.69. The van der Waals surface area contributed by atoms with Crippen LogP contribution in [-0.2, 0) is 4.79 Å². The average molecular weight is 282 g/mol. The Bertz CT molecular complexity index is 529. The van der Waals surface area contributed by atoms with Gasteiger partial charge in [0.2, 0.25) is 5.82 Å². The highest BCUT2D eigenvalue weighted by molar-refractivity contribution is 5.76. The van der Waals surface area contributed by atoms with Gasteiger partial charge in [-0.1, -0.05) is 18.9 Å². The van der Waals surface area contributed by atoms with Crippen molar-refractivity contribution >= 4 is 17.3 Å². The zero-order valence-corrected chi connectivity index (χ0v) is 10.8. The lowest BCUT2D eigenvalue weighted by Crippen LogP contribution is -2.38. The molecule has 0 bridgehead atoms. The molecule has 0 amide bonds. The molecular weight excluding hydrogens is 267 g/mol. The second kappa shape index (κ2) is 5.85. The monoisotopic (exact) mass is 282 g/mol. The SMILES string of the molecule is O=C(O)CN(c1cccc(F)c1[N+](=O)[O-])C1CCCC1. The minimum Gasteiger partial charge on any atom is -0.480 e. The molecule has 1 aliphatic rings. The molecule has 0 heterocycles. The number of nitro benzene ring substituents is 1. The maximum Gasteiger partial charge on any atom is 0.327 e. The normalized spacial score (nSPS) is 15.2. The Kier molecular flexibility index (Phi) is 4.16. The third-order valence-electron chi connectivity index (χ3n) is 3.53. The van der Waals surface area contributed by atoms with Crippen molar-refractivity contribution in [2.24, 2.45) is 0 Å². The first-order valence-electron chi connectivity index (χ1n) is 6.42. The average Bonchev–Trinajstić information content (AvgIpc) is 2.88. The molecule has 1 N–H and O–H groups in total. The fraction of sp³-hybridized carbons (Fsp3) is 0.462. The van der Waals surface area contributed by atoms with E-state index in [1.807, 2.05) is 0 Å². The summed E-state index contributed by atoms with van der Waals surface area (Å²) < 4.78 is 13.7. The summed E-state index contributed by atoms with van der Waals surface area (Å²) in [7, 11) is 0. The Morgan fingerprint density at radius 3 is 2.65 bits per heavy atom. The number of halogens is 1. The largest absolute Gasteiger partial charge is 0.480 e. The molecule has 6 nitrogen and oxygen atoms in total. The van der Waals surface area contributed by atoms with Crippen LogP contribution >= 0.6 is 0 Å². The molecule has 1 aromatic carbocycles. The van der Waals surface area contributed by atoms with Crippen LogP contribution < -0.4 is 4.90 Å². The van der Waals surface area contributed by atoms with E-state index in [1.165, 1.54) is 17.0 Å². The molecule has 1 fully saturated rings. The summed E-state index contributed by atoms with van der Waals surface area (Å²) in [5.74, 6) is -2.03. The highest BCUT2D eigenvalue weighted by Crippen LogP contribution is 2.35. The van der Waals surface area contributed by atoms with Gasteiger partial charge in [-0.15, -0.1) is 0 Å². The molecule has 0 spiro atoms. The van der Waals surface area contributed by atoms with Gasteiger partial charge in [-0.3, -0.25) is 14.9 Å². The van der Waals surface area contributed by atoms with Crippen LogP contribution in [-0.4, -0.2) is 28.6 Å². The second-order valence-corrected chi connectivity index (χ2v) is 4.82. The van der Waals surface area contributed by atoms with Crippen LogP contribution in [0.25, 0.3) is 0 Å². The van der Waals surface area contributed by atoms with Crippen molar-refractivity contribution in [2.75, 3.05) is 11.4 Å². The van der Waals surface area contributed by atoms with Crippen LogP contribution in [0.2, 0.25) is 0 Å². The molecular formula is C13H15FN2O4. The third-order valence-corrected chi connectivity index (χ3v) is 3.53. The summed E-state index contributed by atoms with van der Waals surface area (Å²) in [5, 5.41) is 20.0. The van der Waals surface area contributed by atoms with E-state index in [2.05, 4.69) is 0 Å². The van der Waals surface area contributed by atoms with E-state index in [1.54, 1.807) is 0 Å². The zero-order chi connectivity index (χ0) is 14.7. The van der Waals surface area contributed by atoms with Crippen molar-refractivity contribution in [2.45, 2.75) is 31.7 Å². The molecule has 0 radical (unpaired) electrons. The topological polar surface area (TPSA) is 83.7 Å². The third kappa shape index (κ3) is 2.87. The van der Waals surface area contributed by atoms with Gasteiger partial charge in [0.1, 0.15) is 12.2 Å². The first-order valence-corrected chi connectivity index (χ1v) is 6.42. The van der Waals surface area contributed by atoms with Gasteiger partial charge < -0.3 is 10.0 Å². The first-order chi connectivity index (χ1) is 9.50. The Balaban J connectivity index is 2.44. The highest BCUT2D eigenvalue weighted by Gasteiger charge is 2.31. The van der Waals surface area contributed by atoms with E-state index < -0.39 is 22.4 Å². The summed E-state index contributed by atoms with van der Waals surface area (Å²) in [6.07, 6.45) is 3.43. The molecule has 0 unspecified atom stereocenters. The van der Waals surface area contributed by atoms with E-state index >= 15 is 0 Å². The number of anilines is 1. The van der Waals surface area contributed by atoms with Gasteiger partial charge in [0.05, 0.1) is 4.92 Å². The lowest BCUT2D eigenvalue weighted by molar-refractivity contribution is -0.386. The van der Waals surface area contributed by atoms with Crippen LogP contribution in [0.15, 0.2) is 18.2 Å². The van der Waals surface area contributed by atoms with Crippen LogP contribution in [0, 0.1) is 15.9 Å². The van der Waals surface area contributed by atoms with Crippen molar-refractivity contribution in [1.82, 2.24) is 0 Å². The number of aliphatic carboxylic acids is 1. The van der Waals surface area contributed by atoms with Crippen molar-refractivity contribution in [3.8, 4) is 0 Å². The van der Waals surface area contributed by atoms with Gasteiger partial charge in [-0.2, -0.15) is 4.39 Å². The minimum atomic E-state index is -1.09. The Morgan fingerprint density at radius 2 is 2.10 bits per heavy atom. The molecule has 1 aromatic rings. The second-order valence-electron chi connectivity index (χ2n) is 4.82. The molecule has 0 saturated heterocycles. The Labute approximate surface area is 115 Å². The van der Waals surface area contributed by atoms with E-state index in [4.69, 9.17) is 5.11 Å². The molecule has 20 heavy (non-hydrogen) atoms. The Hall–Kier alpha value is -2.18. The highest BCUT2D eigenvalue weighted by atomic mass is 19.1. The number of hydrogen-bond donors (Lipinski definition) is 1. The number of nitrogens with zero attached hydrogens (tertiary/aromatic N) is 2. The van der Waals surface area contributed by atoms with Crippen molar-refractivity contribution in [1.29, 1.82) is 0 Å². The van der Waals surface area contributed by atoms with Gasteiger partial charge in [-0.05, 0) is 25.0 Å². The number of carboxylic acid groups (broad SMARTS) is 1. The van der Waals surface area contributed by atoms with Crippen LogP contribution in [0.1, 0.15) is 25.7 Å². The van der Waals surface area contributed by atoms with Crippen LogP contribution in [0.3, 0.4) is 0 Å². The van der Waals surface area contributed by atoms with Gasteiger partial charge in [0, 0.05) is 6.04 Å². The van der Waals surface area contributed by atoms with E-state index in [0.717, 1.165) is 31.7 Å². The van der Waals surface area contributed by atoms with E-state index in [-0.39, 0.29) is 18.3 Å². The quantitative estimate of drug-likeness (QED) is 0.662. The van der Waals surface area contributed by atoms with Crippen LogP contribution in [0.4, 0.5) is 15.8 Å². The van der Waals surface area contributed by atoms with Gasteiger partial charge in [0.25, 0.3) is 0 Å². The molecule has 7 heteroatoms. The number of nitro groups is 1. The number of benzene rings is 1. The lowest BCUT2D eigenvalue weighted by Gasteiger charge is -2.29. The van der Waals surface area contributed by atoms with Crippen LogP contribution in [0.5, 0.6) is 0 Å². The molecule has 0 aromatic heterocycles. The number of carboxylic acids is 1. The molecule has 0 atom stereocenters. The zero-order valence-electron chi connectivity index (χ0n) is 10.8. The number of rotatable bonds is 5. The molecule has 1 aliphatic carbocycles. The molecule has 108 valence electrons. The van der Waals surface area contributed by atoms with Crippen molar-refractivity contribution in [3.05, 3.63) is 34.1 Å². The first kappa shape index (κ1) is 14.2. The van der Waals surface area contributed by atoms with E-state index in [9.17, 15) is 19.3 Å². The van der Waals surface area contributed by atoms with Gasteiger partial charge >= 0.3 is 11.7 Å². The lowest BCUT2D eigenvalue weighted by atomic mass is 10.1. The molecule has 0 aliphatic heterocycles. The molecule has 2 rings (SSSR count). The molecule has 1 saturated carbocycles. The summed E-state index contributed by atoms with van der Waals surface area (Å²) >= 11 is 0. The predicted molar refractivity (Wildman–Crippen MR) is 70.3 cm³/mol. The smallest absolute Gasteiger partial charge is 0.327 e. The number of hydrogen-bond acceptors (Lipinski definition) is 4. The van der Waals surface area contributed by atoms with Crippen molar-refractivity contribution < 1.29 is 19.2 Å². The minimum absolute atomic E-state index is 0.0456. The summed E-state index contributed by atoms with van der Waals surface area (Å²) in [4.78, 5) is 22.7. The number of carbonyl (C=O) groups is 1. The Morgan fingerprint density at radius 1 is 1.45 bits per heavy atom. The van der Waals surface area contributed by atoms with Gasteiger partial charge in [0.15, 0.2) is 0 Å². The number of para-hydroxylation sites is 1. The van der Waals surface area contributed by atoms with Gasteiger partial charge in [-0.25, -0.2) is 0 Å².